The number of nitrogens with one attached hydrogen (secondary N) is 1. The molecule has 0 radical (unpaired) electrons. The van der Waals surface area contributed by atoms with E-state index in [0.717, 1.165) is 22.7 Å². The molecule has 2 heteroatoms. The number of fused-ring (bicyclic) bond motifs is 2. The Bertz CT molecular complexity index is 767. The third kappa shape index (κ3) is 2.15. The molecule has 1 atom stereocenters. The van der Waals surface area contributed by atoms with Gasteiger partial charge in [0.2, 0.25) is 0 Å². The molecule has 0 amide bonds. The second-order valence-corrected chi connectivity index (χ2v) is 5.12. The number of para-hydroxylation sites is 3. The molecule has 0 unspecified atom stereocenters. The van der Waals surface area contributed by atoms with Crippen molar-refractivity contribution in [1.29, 1.82) is 0 Å². The summed E-state index contributed by atoms with van der Waals surface area (Å²) in [6, 6.07) is 26.8. The van der Waals surface area contributed by atoms with Gasteiger partial charge in [-0.25, -0.2) is 0 Å². The first-order valence-electron chi connectivity index (χ1n) is 7.09. The average Bonchev–Trinajstić information content (AvgIpc) is 2.72. The van der Waals surface area contributed by atoms with Crippen molar-refractivity contribution < 1.29 is 4.74 Å². The highest BCUT2D eigenvalue weighted by Gasteiger charge is 2.23. The van der Waals surface area contributed by atoms with Crippen molar-refractivity contribution in [3.8, 4) is 11.5 Å². The number of ether oxygens (including phenoxy) is 1. The van der Waals surface area contributed by atoms with Crippen LogP contribution in [0.5, 0.6) is 11.5 Å². The Morgan fingerprint density at radius 1 is 0.667 bits per heavy atom. The predicted octanol–water partition coefficient (Wildman–Crippen LogP) is 4.99. The molecule has 102 valence electrons. The summed E-state index contributed by atoms with van der Waals surface area (Å²) >= 11 is 0. The van der Waals surface area contributed by atoms with Gasteiger partial charge in [0.25, 0.3) is 0 Å². The van der Waals surface area contributed by atoms with Gasteiger partial charge in [-0.05, 0) is 23.8 Å². The third-order valence-corrected chi connectivity index (χ3v) is 3.77. The van der Waals surface area contributed by atoms with Gasteiger partial charge in [0.05, 0.1) is 11.7 Å². The van der Waals surface area contributed by atoms with Crippen LogP contribution in [-0.2, 0) is 0 Å². The molecule has 0 aliphatic carbocycles. The molecule has 0 fully saturated rings. The maximum absolute atomic E-state index is 6.09. The van der Waals surface area contributed by atoms with Gasteiger partial charge in [0.15, 0.2) is 5.75 Å². The lowest BCUT2D eigenvalue weighted by Crippen LogP contribution is -2.11. The second kappa shape index (κ2) is 4.98. The highest BCUT2D eigenvalue weighted by atomic mass is 16.5. The van der Waals surface area contributed by atoms with E-state index in [0.29, 0.717) is 0 Å². The fourth-order valence-corrected chi connectivity index (χ4v) is 2.75. The molecular weight excluding hydrogens is 258 g/mol. The number of hydrogen-bond acceptors (Lipinski definition) is 2. The van der Waals surface area contributed by atoms with Crippen molar-refractivity contribution in [1.82, 2.24) is 0 Å². The maximum atomic E-state index is 6.09. The zero-order valence-corrected chi connectivity index (χ0v) is 11.5. The average molecular weight is 273 g/mol. The molecule has 1 aliphatic heterocycles. The summed E-state index contributed by atoms with van der Waals surface area (Å²) < 4.78 is 6.09. The summed E-state index contributed by atoms with van der Waals surface area (Å²) in [5, 5.41) is 3.61. The van der Waals surface area contributed by atoms with Gasteiger partial charge < -0.3 is 10.1 Å². The lowest BCUT2D eigenvalue weighted by molar-refractivity contribution is 0.483. The minimum atomic E-state index is 0.0889. The van der Waals surface area contributed by atoms with Gasteiger partial charge in [-0.1, -0.05) is 60.7 Å². The Kier molecular flexibility index (Phi) is 2.86. The van der Waals surface area contributed by atoms with Gasteiger partial charge in [-0.3, -0.25) is 0 Å². The first-order valence-corrected chi connectivity index (χ1v) is 7.09. The molecule has 1 N–H and O–H groups in total. The van der Waals surface area contributed by atoms with E-state index in [1.165, 1.54) is 5.56 Å². The Balaban J connectivity index is 1.90. The van der Waals surface area contributed by atoms with Crippen molar-refractivity contribution in [3.63, 3.8) is 0 Å². The van der Waals surface area contributed by atoms with Gasteiger partial charge in [-0.15, -0.1) is 0 Å². The molecule has 1 heterocycles. The smallest absolute Gasteiger partial charge is 0.150 e. The van der Waals surface area contributed by atoms with Crippen molar-refractivity contribution >= 4 is 5.69 Å². The Morgan fingerprint density at radius 3 is 2.19 bits per heavy atom. The van der Waals surface area contributed by atoms with Crippen LogP contribution in [0, 0.1) is 0 Å². The molecule has 0 aromatic heterocycles. The van der Waals surface area contributed by atoms with E-state index in [-0.39, 0.29) is 6.04 Å². The van der Waals surface area contributed by atoms with E-state index in [1.807, 2.05) is 36.4 Å². The van der Waals surface area contributed by atoms with Gasteiger partial charge in [-0.2, -0.15) is 0 Å². The molecule has 0 spiro atoms. The zero-order chi connectivity index (χ0) is 14.1. The van der Waals surface area contributed by atoms with Crippen LogP contribution in [0.3, 0.4) is 0 Å². The SMILES string of the molecule is c1ccc([C@H]2Nc3ccccc3Oc3ccccc32)cc1. The Labute approximate surface area is 124 Å². The fourth-order valence-electron chi connectivity index (χ4n) is 2.75. The first kappa shape index (κ1) is 12.0. The molecule has 21 heavy (non-hydrogen) atoms. The Morgan fingerprint density at radius 2 is 1.33 bits per heavy atom. The zero-order valence-electron chi connectivity index (χ0n) is 11.5. The monoisotopic (exact) mass is 273 g/mol. The lowest BCUT2D eigenvalue weighted by atomic mass is 9.98. The molecule has 3 aromatic carbocycles. The van der Waals surface area contributed by atoms with Crippen molar-refractivity contribution in [2.24, 2.45) is 0 Å². The first-order chi connectivity index (χ1) is 10.4. The van der Waals surface area contributed by atoms with Gasteiger partial charge in [0, 0.05) is 5.56 Å². The summed E-state index contributed by atoms with van der Waals surface area (Å²) in [5.74, 6) is 1.77. The fraction of sp³-hybridized carbons (Fsp3) is 0.0526. The largest absolute Gasteiger partial charge is 0.455 e. The van der Waals surface area contributed by atoms with Gasteiger partial charge >= 0.3 is 0 Å². The van der Waals surface area contributed by atoms with E-state index in [4.69, 9.17) is 4.74 Å². The van der Waals surface area contributed by atoms with Crippen LogP contribution in [0.1, 0.15) is 17.2 Å². The summed E-state index contributed by atoms with van der Waals surface area (Å²) in [7, 11) is 0. The quantitative estimate of drug-likeness (QED) is 0.674. The number of rotatable bonds is 1. The number of anilines is 1. The molecule has 0 saturated carbocycles. The molecule has 0 saturated heterocycles. The standard InChI is InChI=1S/C19H15NO/c1-2-8-14(9-3-1)19-15-10-4-6-12-17(15)21-18-13-7-5-11-16(18)20-19/h1-13,19-20H/t19-/m1/s1. The minimum absolute atomic E-state index is 0.0889. The van der Waals surface area contributed by atoms with Crippen LogP contribution in [0.4, 0.5) is 5.69 Å². The third-order valence-electron chi connectivity index (χ3n) is 3.77. The van der Waals surface area contributed by atoms with Gasteiger partial charge in [0.1, 0.15) is 5.75 Å². The Hall–Kier alpha value is -2.74. The van der Waals surface area contributed by atoms with Crippen molar-refractivity contribution in [2.45, 2.75) is 6.04 Å². The summed E-state index contributed by atoms with van der Waals surface area (Å²) in [4.78, 5) is 0. The summed E-state index contributed by atoms with van der Waals surface area (Å²) in [6.07, 6.45) is 0. The predicted molar refractivity (Wildman–Crippen MR) is 84.9 cm³/mol. The van der Waals surface area contributed by atoms with Crippen LogP contribution in [0.15, 0.2) is 78.9 Å². The minimum Gasteiger partial charge on any atom is -0.455 e. The summed E-state index contributed by atoms with van der Waals surface area (Å²) in [6.45, 7) is 0. The summed E-state index contributed by atoms with van der Waals surface area (Å²) in [5.41, 5.74) is 3.40. The van der Waals surface area contributed by atoms with Crippen molar-refractivity contribution in [3.05, 3.63) is 90.0 Å². The van der Waals surface area contributed by atoms with Crippen LogP contribution in [0.2, 0.25) is 0 Å². The maximum Gasteiger partial charge on any atom is 0.150 e. The van der Waals surface area contributed by atoms with E-state index < -0.39 is 0 Å². The highest BCUT2D eigenvalue weighted by molar-refractivity contribution is 5.63. The number of benzene rings is 3. The number of hydrogen-bond donors (Lipinski definition) is 1. The van der Waals surface area contributed by atoms with Crippen molar-refractivity contribution in [2.75, 3.05) is 5.32 Å². The molecular formula is C19H15NO. The molecule has 1 aliphatic rings. The lowest BCUT2D eigenvalue weighted by Gasteiger charge is -2.19. The van der Waals surface area contributed by atoms with Crippen LogP contribution < -0.4 is 10.1 Å². The van der Waals surface area contributed by atoms with E-state index in [2.05, 4.69) is 47.8 Å². The van der Waals surface area contributed by atoms with Crippen LogP contribution in [-0.4, -0.2) is 0 Å². The van der Waals surface area contributed by atoms with Crippen LogP contribution >= 0.6 is 0 Å². The van der Waals surface area contributed by atoms with E-state index in [9.17, 15) is 0 Å². The molecule has 4 rings (SSSR count). The second-order valence-electron chi connectivity index (χ2n) is 5.12. The molecule has 3 aromatic rings. The highest BCUT2D eigenvalue weighted by Crippen LogP contribution is 2.41. The molecule has 0 bridgehead atoms. The van der Waals surface area contributed by atoms with E-state index >= 15 is 0 Å². The van der Waals surface area contributed by atoms with Crippen LogP contribution in [0.25, 0.3) is 0 Å². The topological polar surface area (TPSA) is 21.3 Å². The molecule has 2 nitrogen and oxygen atoms in total. The normalized spacial score (nSPS) is 15.9. The van der Waals surface area contributed by atoms with E-state index in [1.54, 1.807) is 0 Å².